The van der Waals surface area contributed by atoms with E-state index in [2.05, 4.69) is 15.2 Å². The Kier molecular flexibility index (Phi) is 6.87. The SMILES string of the molecule is CNC(=O)C1c2ccc(Oc3ccnc4cc(OCCCN5CC6(CC6)C6(C5)OCCO6)c(OC)cc34)cc2OC1C. The maximum absolute atomic E-state index is 12.4. The minimum atomic E-state index is -0.389. The lowest BCUT2D eigenvalue weighted by Gasteiger charge is -2.28. The van der Waals surface area contributed by atoms with Crippen LogP contribution in [-0.4, -0.2) is 81.3 Å². The summed E-state index contributed by atoms with van der Waals surface area (Å²) in [6.45, 7) is 6.64. The van der Waals surface area contributed by atoms with Crippen LogP contribution in [0.3, 0.4) is 0 Å². The number of methoxy groups -OCH3 is 1. The quantitative estimate of drug-likeness (QED) is 0.375. The minimum Gasteiger partial charge on any atom is -0.493 e. The van der Waals surface area contributed by atoms with Gasteiger partial charge in [-0.25, -0.2) is 0 Å². The number of carbonyl (C=O) groups excluding carboxylic acids is 1. The number of aromatic nitrogens is 1. The van der Waals surface area contributed by atoms with Crippen molar-refractivity contribution in [3.05, 3.63) is 48.2 Å². The highest BCUT2D eigenvalue weighted by atomic mass is 16.7. The van der Waals surface area contributed by atoms with Crippen molar-refractivity contribution in [3.8, 4) is 28.7 Å². The highest BCUT2D eigenvalue weighted by Gasteiger charge is 2.67. The van der Waals surface area contributed by atoms with Gasteiger partial charge in [0, 0.05) is 54.8 Å². The molecule has 2 atom stereocenters. The number of likely N-dealkylation sites (tertiary alicyclic amines) is 1. The molecule has 2 unspecified atom stereocenters. The molecule has 42 heavy (non-hydrogen) atoms. The van der Waals surface area contributed by atoms with Crippen molar-refractivity contribution >= 4 is 16.8 Å². The van der Waals surface area contributed by atoms with E-state index in [1.165, 1.54) is 12.8 Å². The van der Waals surface area contributed by atoms with Crippen LogP contribution in [0.25, 0.3) is 10.9 Å². The molecule has 3 fully saturated rings. The molecule has 10 nitrogen and oxygen atoms in total. The molecule has 1 N–H and O–H groups in total. The van der Waals surface area contributed by atoms with Gasteiger partial charge in [0.25, 0.3) is 0 Å². The summed E-state index contributed by atoms with van der Waals surface area (Å²) >= 11 is 0. The third-order valence-electron chi connectivity index (χ3n) is 9.10. The molecule has 10 heteroatoms. The van der Waals surface area contributed by atoms with Crippen molar-refractivity contribution in [2.45, 2.75) is 44.0 Å². The second-order valence-corrected chi connectivity index (χ2v) is 11.7. The average Bonchev–Trinajstić information content (AvgIpc) is 3.34. The molecule has 1 aromatic heterocycles. The van der Waals surface area contributed by atoms with Crippen molar-refractivity contribution in [2.75, 3.05) is 53.6 Å². The average molecular weight is 576 g/mol. The van der Waals surface area contributed by atoms with Crippen LogP contribution in [-0.2, 0) is 14.3 Å². The monoisotopic (exact) mass is 575 g/mol. The van der Waals surface area contributed by atoms with Gasteiger partial charge < -0.3 is 33.7 Å². The van der Waals surface area contributed by atoms with E-state index in [9.17, 15) is 4.79 Å². The van der Waals surface area contributed by atoms with E-state index in [0.29, 0.717) is 48.6 Å². The van der Waals surface area contributed by atoms with Gasteiger partial charge in [0.15, 0.2) is 17.3 Å². The minimum absolute atomic E-state index is 0.0653. The van der Waals surface area contributed by atoms with Crippen LogP contribution in [0.4, 0.5) is 0 Å². The molecule has 1 aliphatic carbocycles. The molecular formula is C32H37N3O7. The van der Waals surface area contributed by atoms with Gasteiger partial charge in [-0.2, -0.15) is 0 Å². The molecule has 4 heterocycles. The van der Waals surface area contributed by atoms with Crippen LogP contribution < -0.4 is 24.3 Å². The topological polar surface area (TPSA) is 101 Å². The Morgan fingerprint density at radius 3 is 2.69 bits per heavy atom. The van der Waals surface area contributed by atoms with Crippen LogP contribution in [0.15, 0.2) is 42.6 Å². The maximum atomic E-state index is 12.4. The van der Waals surface area contributed by atoms with Crippen molar-refractivity contribution in [3.63, 3.8) is 0 Å². The molecule has 1 amide bonds. The summed E-state index contributed by atoms with van der Waals surface area (Å²) in [4.78, 5) is 19.4. The normalized spacial score (nSPS) is 23.2. The van der Waals surface area contributed by atoms with Crippen LogP contribution in [0, 0.1) is 5.41 Å². The summed E-state index contributed by atoms with van der Waals surface area (Å²) in [5.74, 6) is 2.35. The van der Waals surface area contributed by atoms with Gasteiger partial charge in [0.2, 0.25) is 5.91 Å². The number of nitrogens with one attached hydrogen (secondary N) is 1. The molecule has 1 saturated carbocycles. The van der Waals surface area contributed by atoms with E-state index in [1.807, 2.05) is 43.3 Å². The fourth-order valence-corrected chi connectivity index (χ4v) is 6.82. The van der Waals surface area contributed by atoms with Gasteiger partial charge in [-0.15, -0.1) is 0 Å². The molecular weight excluding hydrogens is 538 g/mol. The smallest absolute Gasteiger partial charge is 0.231 e. The number of hydrogen-bond acceptors (Lipinski definition) is 9. The largest absolute Gasteiger partial charge is 0.493 e. The first-order valence-electron chi connectivity index (χ1n) is 14.7. The highest BCUT2D eigenvalue weighted by Crippen LogP contribution is 2.61. The second kappa shape index (κ2) is 10.6. The Labute approximate surface area is 245 Å². The fourth-order valence-electron chi connectivity index (χ4n) is 6.82. The number of benzene rings is 2. The summed E-state index contributed by atoms with van der Waals surface area (Å²) in [6.07, 6.45) is 4.71. The summed E-state index contributed by atoms with van der Waals surface area (Å²) in [5, 5.41) is 3.52. The standard InChI is InChI=1S/C32H37N3O7/c1-20-29(30(36)33-2)22-6-5-21(15-26(22)41-20)42-25-7-10-34-24-17-28(27(37-3)16-23(24)25)38-12-4-11-35-18-31(8-9-31)32(19-35)39-13-14-40-32/h5-7,10,15-17,20,29H,4,8-9,11-14,18-19H2,1-3H3,(H,33,36). The second-order valence-electron chi connectivity index (χ2n) is 11.7. The van der Waals surface area contributed by atoms with Gasteiger partial charge in [0.1, 0.15) is 29.3 Å². The first-order valence-corrected chi connectivity index (χ1v) is 14.7. The molecule has 7 rings (SSSR count). The molecule has 222 valence electrons. The van der Waals surface area contributed by atoms with Gasteiger partial charge in [0.05, 0.1) is 39.0 Å². The van der Waals surface area contributed by atoms with Crippen LogP contribution in [0.2, 0.25) is 0 Å². The third-order valence-corrected chi connectivity index (χ3v) is 9.10. The van der Waals surface area contributed by atoms with Gasteiger partial charge >= 0.3 is 0 Å². The van der Waals surface area contributed by atoms with E-state index in [0.717, 1.165) is 42.5 Å². The highest BCUT2D eigenvalue weighted by molar-refractivity contribution is 5.88. The van der Waals surface area contributed by atoms with Crippen molar-refractivity contribution in [1.82, 2.24) is 15.2 Å². The number of ether oxygens (including phenoxy) is 6. The van der Waals surface area contributed by atoms with Crippen molar-refractivity contribution < 1.29 is 33.2 Å². The van der Waals surface area contributed by atoms with Gasteiger partial charge in [-0.3, -0.25) is 14.7 Å². The molecule has 0 bridgehead atoms. The zero-order valence-corrected chi connectivity index (χ0v) is 24.3. The van der Waals surface area contributed by atoms with Crippen molar-refractivity contribution in [1.29, 1.82) is 0 Å². The number of amides is 1. The molecule has 3 aliphatic heterocycles. The van der Waals surface area contributed by atoms with Gasteiger partial charge in [-0.1, -0.05) is 6.07 Å². The first kappa shape index (κ1) is 27.2. The van der Waals surface area contributed by atoms with E-state index < -0.39 is 0 Å². The van der Waals surface area contributed by atoms with Gasteiger partial charge in [-0.05, 0) is 44.4 Å². The van der Waals surface area contributed by atoms with Crippen LogP contribution in [0.5, 0.6) is 28.7 Å². The third kappa shape index (κ3) is 4.62. The zero-order valence-electron chi connectivity index (χ0n) is 24.3. The Balaban J connectivity index is 1.02. The maximum Gasteiger partial charge on any atom is 0.231 e. The number of pyridine rings is 1. The van der Waals surface area contributed by atoms with Crippen LogP contribution in [0.1, 0.15) is 37.7 Å². The molecule has 2 spiro atoms. The number of nitrogens with zero attached hydrogens (tertiary/aromatic N) is 2. The number of fused-ring (bicyclic) bond motifs is 3. The Bertz CT molecular complexity index is 1500. The number of hydrogen-bond donors (Lipinski definition) is 1. The van der Waals surface area contributed by atoms with E-state index >= 15 is 0 Å². The van der Waals surface area contributed by atoms with E-state index in [4.69, 9.17) is 28.4 Å². The fraction of sp³-hybridized carbons (Fsp3) is 0.500. The van der Waals surface area contributed by atoms with Crippen LogP contribution >= 0.6 is 0 Å². The Morgan fingerprint density at radius 2 is 1.93 bits per heavy atom. The zero-order chi connectivity index (χ0) is 28.9. The van der Waals surface area contributed by atoms with E-state index in [-0.39, 0.29) is 29.1 Å². The molecule has 2 saturated heterocycles. The summed E-state index contributed by atoms with van der Waals surface area (Å²) in [7, 11) is 3.27. The number of likely N-dealkylation sites (N-methyl/N-ethyl adjacent to an activating group) is 1. The Morgan fingerprint density at radius 1 is 1.10 bits per heavy atom. The first-order chi connectivity index (χ1) is 20.4. The predicted octanol–water partition coefficient (Wildman–Crippen LogP) is 4.25. The molecule has 4 aliphatic rings. The molecule has 0 radical (unpaired) electrons. The summed E-state index contributed by atoms with van der Waals surface area (Å²) < 4.78 is 36.3. The lowest BCUT2D eigenvalue weighted by atomic mass is 9.95. The van der Waals surface area contributed by atoms with Crippen molar-refractivity contribution in [2.24, 2.45) is 5.41 Å². The number of carbonyl (C=O) groups is 1. The predicted molar refractivity (Wildman–Crippen MR) is 155 cm³/mol. The molecule has 3 aromatic rings. The lowest BCUT2D eigenvalue weighted by molar-refractivity contribution is -0.182. The summed E-state index contributed by atoms with van der Waals surface area (Å²) in [5.41, 5.74) is 1.78. The molecule has 2 aromatic carbocycles. The lowest BCUT2D eigenvalue weighted by Crippen LogP contribution is -2.40. The summed E-state index contributed by atoms with van der Waals surface area (Å²) in [6, 6.07) is 11.2. The number of rotatable bonds is 9. The Hall–Kier alpha value is -3.60. The van der Waals surface area contributed by atoms with E-state index in [1.54, 1.807) is 20.4 Å².